The second kappa shape index (κ2) is 6.12. The van der Waals surface area contributed by atoms with Gasteiger partial charge >= 0.3 is 0 Å². The van der Waals surface area contributed by atoms with Gasteiger partial charge in [-0.1, -0.05) is 29.8 Å². The zero-order valence-corrected chi connectivity index (χ0v) is 12.1. The monoisotopic (exact) mass is 294 g/mol. The largest absolute Gasteiger partial charge is 0.370 e. The Bertz CT molecular complexity index is 489. The smallest absolute Gasteiger partial charge is 0.227 e. The first-order valence-electron chi connectivity index (χ1n) is 7.11. The quantitative estimate of drug-likeness (QED) is 0.905. The predicted octanol–water partition coefficient (Wildman–Crippen LogP) is 1.85. The molecule has 1 aromatic carbocycles. The Labute approximate surface area is 124 Å². The lowest BCUT2D eigenvalue weighted by atomic mass is 10.0. The lowest BCUT2D eigenvalue weighted by Gasteiger charge is -2.34. The van der Waals surface area contributed by atoms with E-state index in [1.807, 2.05) is 29.2 Å². The number of carbonyl (C=O) groups excluding carboxylic acids is 1. The van der Waals surface area contributed by atoms with E-state index < -0.39 is 0 Å². The van der Waals surface area contributed by atoms with Crippen LogP contribution in [0.15, 0.2) is 24.3 Å². The number of morpholine rings is 1. The van der Waals surface area contributed by atoms with Crippen molar-refractivity contribution in [1.29, 1.82) is 0 Å². The molecule has 20 heavy (non-hydrogen) atoms. The number of rotatable bonds is 2. The van der Waals surface area contributed by atoms with Gasteiger partial charge in [-0.25, -0.2) is 0 Å². The third kappa shape index (κ3) is 2.82. The van der Waals surface area contributed by atoms with Crippen molar-refractivity contribution in [3.63, 3.8) is 0 Å². The lowest BCUT2D eigenvalue weighted by molar-refractivity contribution is -0.142. The minimum Gasteiger partial charge on any atom is -0.370 e. The highest BCUT2D eigenvalue weighted by atomic mass is 35.5. The first-order valence-corrected chi connectivity index (χ1v) is 7.49. The molecule has 1 N–H and O–H groups in total. The standard InChI is InChI=1S/C15H19ClN2O2/c16-13-4-2-1-3-12(13)14-10-18(7-8-20-14)15(19)11-5-6-17-9-11/h1-4,11,14,17H,5-10H2/t11-,14+/m1/s1. The van der Waals surface area contributed by atoms with Crippen LogP contribution in [0.4, 0.5) is 0 Å². The fourth-order valence-electron chi connectivity index (χ4n) is 2.90. The molecule has 0 spiro atoms. The Morgan fingerprint density at radius 2 is 2.25 bits per heavy atom. The van der Waals surface area contributed by atoms with Crippen LogP contribution >= 0.6 is 11.6 Å². The second-order valence-electron chi connectivity index (χ2n) is 5.35. The summed E-state index contributed by atoms with van der Waals surface area (Å²) in [5, 5.41) is 3.95. The van der Waals surface area contributed by atoms with Gasteiger partial charge in [0.15, 0.2) is 0 Å². The number of carbonyl (C=O) groups is 1. The van der Waals surface area contributed by atoms with E-state index in [1.54, 1.807) is 0 Å². The van der Waals surface area contributed by atoms with Crippen LogP contribution in [0.1, 0.15) is 18.1 Å². The number of hydrogen-bond donors (Lipinski definition) is 1. The van der Waals surface area contributed by atoms with Crippen molar-refractivity contribution in [2.45, 2.75) is 12.5 Å². The van der Waals surface area contributed by atoms with Crippen molar-refractivity contribution >= 4 is 17.5 Å². The van der Waals surface area contributed by atoms with Crippen LogP contribution < -0.4 is 5.32 Å². The molecular weight excluding hydrogens is 276 g/mol. The molecule has 0 radical (unpaired) electrons. The number of nitrogens with one attached hydrogen (secondary N) is 1. The minimum absolute atomic E-state index is 0.115. The van der Waals surface area contributed by atoms with Crippen molar-refractivity contribution in [2.75, 3.05) is 32.8 Å². The van der Waals surface area contributed by atoms with E-state index in [4.69, 9.17) is 16.3 Å². The molecule has 2 fully saturated rings. The first-order chi connectivity index (χ1) is 9.75. The van der Waals surface area contributed by atoms with Gasteiger partial charge in [0.2, 0.25) is 5.91 Å². The summed E-state index contributed by atoms with van der Waals surface area (Å²) in [5.74, 6) is 0.371. The van der Waals surface area contributed by atoms with Crippen LogP contribution in [-0.2, 0) is 9.53 Å². The maximum Gasteiger partial charge on any atom is 0.227 e. The SMILES string of the molecule is O=C([C@@H]1CCNC1)N1CCO[C@H](c2ccccc2Cl)C1. The van der Waals surface area contributed by atoms with Crippen LogP contribution in [0, 0.1) is 5.92 Å². The predicted molar refractivity (Wildman–Crippen MR) is 77.7 cm³/mol. The van der Waals surface area contributed by atoms with E-state index in [0.717, 1.165) is 25.1 Å². The van der Waals surface area contributed by atoms with E-state index in [-0.39, 0.29) is 17.9 Å². The average Bonchev–Trinajstić information content (AvgIpc) is 3.01. The van der Waals surface area contributed by atoms with Crippen molar-refractivity contribution < 1.29 is 9.53 Å². The highest BCUT2D eigenvalue weighted by molar-refractivity contribution is 6.31. The Balaban J connectivity index is 1.70. The molecule has 2 saturated heterocycles. The summed E-state index contributed by atoms with van der Waals surface area (Å²) in [4.78, 5) is 14.4. The summed E-state index contributed by atoms with van der Waals surface area (Å²) in [6, 6.07) is 7.69. The number of nitrogens with zero attached hydrogens (tertiary/aromatic N) is 1. The molecule has 0 unspecified atom stereocenters. The molecule has 0 bridgehead atoms. The van der Waals surface area contributed by atoms with Crippen LogP contribution in [0.5, 0.6) is 0 Å². The van der Waals surface area contributed by atoms with E-state index in [2.05, 4.69) is 5.32 Å². The second-order valence-corrected chi connectivity index (χ2v) is 5.76. The Morgan fingerprint density at radius 3 is 3.00 bits per heavy atom. The van der Waals surface area contributed by atoms with Gasteiger partial charge in [0, 0.05) is 23.7 Å². The lowest BCUT2D eigenvalue weighted by Crippen LogP contribution is -2.45. The zero-order valence-electron chi connectivity index (χ0n) is 11.3. The average molecular weight is 295 g/mol. The fraction of sp³-hybridized carbons (Fsp3) is 0.533. The summed E-state index contributed by atoms with van der Waals surface area (Å²) in [6.07, 6.45) is 0.822. The van der Waals surface area contributed by atoms with Gasteiger partial charge in [0.25, 0.3) is 0 Å². The van der Waals surface area contributed by atoms with Crippen molar-refractivity contribution in [1.82, 2.24) is 10.2 Å². The van der Waals surface area contributed by atoms with Gasteiger partial charge in [-0.15, -0.1) is 0 Å². The molecule has 2 aliphatic rings. The summed E-state index contributed by atoms with van der Waals surface area (Å²) in [6.45, 7) is 3.58. The van der Waals surface area contributed by atoms with Gasteiger partial charge in [-0.3, -0.25) is 4.79 Å². The van der Waals surface area contributed by atoms with Crippen molar-refractivity contribution in [3.8, 4) is 0 Å². The van der Waals surface area contributed by atoms with Crippen LogP contribution in [0.3, 0.4) is 0 Å². The molecule has 1 amide bonds. The first kappa shape index (κ1) is 13.9. The van der Waals surface area contributed by atoms with Crippen LogP contribution in [0.2, 0.25) is 5.02 Å². The molecule has 2 atom stereocenters. The summed E-state index contributed by atoms with van der Waals surface area (Å²) in [7, 11) is 0. The number of benzene rings is 1. The normalized spacial score (nSPS) is 26.8. The third-order valence-electron chi connectivity index (χ3n) is 4.04. The number of halogens is 1. The minimum atomic E-state index is -0.115. The molecule has 0 aliphatic carbocycles. The van der Waals surface area contributed by atoms with Crippen molar-refractivity contribution in [3.05, 3.63) is 34.9 Å². The Hall–Kier alpha value is -1.10. The molecular formula is C15H19ClN2O2. The summed E-state index contributed by atoms with van der Waals surface area (Å²) >= 11 is 6.22. The van der Waals surface area contributed by atoms with Gasteiger partial charge in [-0.2, -0.15) is 0 Å². The highest BCUT2D eigenvalue weighted by Crippen LogP contribution is 2.29. The van der Waals surface area contributed by atoms with E-state index >= 15 is 0 Å². The Kier molecular flexibility index (Phi) is 4.24. The van der Waals surface area contributed by atoms with Gasteiger partial charge in [0.05, 0.1) is 19.1 Å². The zero-order chi connectivity index (χ0) is 13.9. The van der Waals surface area contributed by atoms with Gasteiger partial charge in [0.1, 0.15) is 6.10 Å². The number of amides is 1. The van der Waals surface area contributed by atoms with E-state index in [9.17, 15) is 4.79 Å². The molecule has 4 nitrogen and oxygen atoms in total. The topological polar surface area (TPSA) is 41.6 Å². The van der Waals surface area contributed by atoms with Gasteiger partial charge in [-0.05, 0) is 19.0 Å². The summed E-state index contributed by atoms with van der Waals surface area (Å²) < 4.78 is 5.79. The molecule has 0 saturated carbocycles. The highest BCUT2D eigenvalue weighted by Gasteiger charge is 2.31. The van der Waals surface area contributed by atoms with E-state index in [0.29, 0.717) is 24.7 Å². The summed E-state index contributed by atoms with van der Waals surface area (Å²) in [5.41, 5.74) is 0.969. The molecule has 5 heteroatoms. The Morgan fingerprint density at radius 1 is 1.40 bits per heavy atom. The molecule has 3 rings (SSSR count). The maximum atomic E-state index is 12.5. The molecule has 0 aromatic heterocycles. The van der Waals surface area contributed by atoms with Crippen LogP contribution in [0.25, 0.3) is 0 Å². The number of ether oxygens (including phenoxy) is 1. The molecule has 1 aromatic rings. The van der Waals surface area contributed by atoms with E-state index in [1.165, 1.54) is 0 Å². The van der Waals surface area contributed by atoms with Gasteiger partial charge < -0.3 is 15.0 Å². The fourth-order valence-corrected chi connectivity index (χ4v) is 3.15. The number of hydrogen-bond acceptors (Lipinski definition) is 3. The molecule has 108 valence electrons. The maximum absolute atomic E-state index is 12.5. The van der Waals surface area contributed by atoms with Crippen molar-refractivity contribution in [2.24, 2.45) is 5.92 Å². The molecule has 2 aliphatic heterocycles. The molecule has 2 heterocycles. The third-order valence-corrected chi connectivity index (χ3v) is 4.38. The van der Waals surface area contributed by atoms with Crippen LogP contribution in [-0.4, -0.2) is 43.6 Å².